The van der Waals surface area contributed by atoms with Gasteiger partial charge in [0, 0.05) is 38.9 Å². The number of methoxy groups -OCH3 is 1. The summed E-state index contributed by atoms with van der Waals surface area (Å²) < 4.78 is 18.7. The van der Waals surface area contributed by atoms with E-state index in [9.17, 15) is 24.3 Å². The van der Waals surface area contributed by atoms with E-state index in [1.54, 1.807) is 22.0 Å². The van der Waals surface area contributed by atoms with Gasteiger partial charge in [0.25, 0.3) is 5.91 Å². The maximum atomic E-state index is 15.0. The van der Waals surface area contributed by atoms with Crippen LogP contribution in [0, 0.1) is 25.7 Å². The fourth-order valence-electron chi connectivity index (χ4n) is 8.31. The molecule has 11 nitrogen and oxygen atoms in total. The van der Waals surface area contributed by atoms with Gasteiger partial charge >= 0.3 is 5.97 Å². The van der Waals surface area contributed by atoms with Crippen LogP contribution in [-0.4, -0.2) is 90.9 Å². The van der Waals surface area contributed by atoms with Crippen molar-refractivity contribution in [2.24, 2.45) is 11.8 Å². The quantitative estimate of drug-likeness (QED) is 0.215. The minimum atomic E-state index is -1.44. The Kier molecular flexibility index (Phi) is 11.4. The second kappa shape index (κ2) is 15.9. The highest BCUT2D eigenvalue weighted by Gasteiger charge is 2.72. The first-order chi connectivity index (χ1) is 24.7. The van der Waals surface area contributed by atoms with E-state index < -0.39 is 47.7 Å². The van der Waals surface area contributed by atoms with E-state index in [0.29, 0.717) is 31.4 Å². The van der Waals surface area contributed by atoms with E-state index in [-0.39, 0.29) is 43.9 Å². The van der Waals surface area contributed by atoms with Crippen LogP contribution in [-0.2, 0) is 33.4 Å². The van der Waals surface area contributed by atoms with Crippen molar-refractivity contribution in [3.8, 4) is 0 Å². The molecule has 6 rings (SSSR count). The minimum Gasteiger partial charge on any atom is -0.455 e. The number of para-hydroxylation sites is 1. The van der Waals surface area contributed by atoms with Crippen LogP contribution in [0.15, 0.2) is 72.8 Å². The molecule has 2 saturated heterocycles. The molecule has 4 aliphatic heterocycles. The summed E-state index contributed by atoms with van der Waals surface area (Å²) in [5, 5.41) is 12.3. The van der Waals surface area contributed by atoms with E-state index in [1.807, 2.05) is 74.5 Å². The number of nitrogens with zero attached hydrogens (tertiary/aromatic N) is 2. The summed E-state index contributed by atoms with van der Waals surface area (Å²) in [6.07, 6.45) is 8.86. The van der Waals surface area contributed by atoms with Crippen LogP contribution >= 0.6 is 0 Å². The molecule has 3 amide bonds. The van der Waals surface area contributed by atoms with Gasteiger partial charge in [-0.25, -0.2) is 0 Å². The number of ether oxygens (including phenoxy) is 3. The summed E-state index contributed by atoms with van der Waals surface area (Å²) in [6, 6.07) is 13.3. The number of allylic oxidation sites excluding steroid dienone is 1. The number of unbranched alkanes of at least 4 members (excludes halogenated alkanes) is 3. The molecule has 51 heavy (non-hydrogen) atoms. The third-order valence-electron chi connectivity index (χ3n) is 10.6. The highest BCUT2D eigenvalue weighted by Crippen LogP contribution is 2.53. The maximum Gasteiger partial charge on any atom is 0.313 e. The van der Waals surface area contributed by atoms with Crippen LogP contribution < -0.4 is 10.2 Å². The Morgan fingerprint density at radius 2 is 1.69 bits per heavy atom. The van der Waals surface area contributed by atoms with Crippen molar-refractivity contribution in [2.45, 2.75) is 82.3 Å². The summed E-state index contributed by atoms with van der Waals surface area (Å²) in [6.45, 7) is 4.68. The van der Waals surface area contributed by atoms with E-state index in [1.165, 1.54) is 7.11 Å². The molecule has 2 aromatic carbocycles. The molecule has 0 radical (unpaired) electrons. The zero-order chi connectivity index (χ0) is 36.1. The van der Waals surface area contributed by atoms with Crippen molar-refractivity contribution in [1.29, 1.82) is 0 Å². The summed E-state index contributed by atoms with van der Waals surface area (Å²) in [5.41, 5.74) is 1.89. The zero-order valence-corrected chi connectivity index (χ0v) is 29.7. The third-order valence-corrected chi connectivity index (χ3v) is 10.6. The van der Waals surface area contributed by atoms with E-state index in [0.717, 1.165) is 29.7 Å². The lowest BCUT2D eigenvalue weighted by Crippen LogP contribution is -2.55. The second-order valence-electron chi connectivity index (χ2n) is 14.0. The van der Waals surface area contributed by atoms with Gasteiger partial charge in [-0.2, -0.15) is 0 Å². The average Bonchev–Trinajstić information content (AvgIpc) is 3.50. The normalized spacial score (nSPS) is 30.0. The number of fused-ring (bicyclic) bond motifs is 2. The number of aryl methyl sites for hydroxylation is 2. The molecule has 0 aliphatic carbocycles. The van der Waals surface area contributed by atoms with Crippen molar-refractivity contribution in [2.75, 3.05) is 38.3 Å². The number of esters is 1. The number of nitrogens with one attached hydrogen (secondary N) is 1. The SMILES string of the molecule is COC[C@H]1NC(=O)CC/C=C\[C@H]2O[C@]34C=CCN(c5c(C)cccc5C)C(=O)[C@H]3N(CCCCCCO)C(=O)[C@@H]4[C@H]2C(=O)O[C@@H]1c1ccccc1. The standard InChI is InChI=1S/C40H49N3O8/c1-26-15-13-16-27(2)34(26)42-23-14-21-40-33(37(46)43(36(40)38(42)47)22-11-4-5-12-24-44)32-30(51-40)19-9-10-20-31(45)41-29(25-49-3)35(50-39(32)48)28-17-7-6-8-18-28/h6-9,13-19,21,29-30,32-33,35-36,44H,4-5,10-12,20,22-25H2,1-3H3,(H,41,45)/b19-9-/t29-,30-,32+,33+,35-,36-,40+/m1/s1. The number of cyclic esters (lactones) is 1. The number of hydrogen-bond donors (Lipinski definition) is 2. The number of hydrogen-bond acceptors (Lipinski definition) is 8. The van der Waals surface area contributed by atoms with Gasteiger partial charge < -0.3 is 34.4 Å². The number of aliphatic hydroxyl groups excluding tert-OH is 1. The number of rotatable bonds is 10. The molecule has 272 valence electrons. The summed E-state index contributed by atoms with van der Waals surface area (Å²) in [7, 11) is 1.52. The second-order valence-corrected chi connectivity index (χ2v) is 14.0. The predicted octanol–water partition coefficient (Wildman–Crippen LogP) is 4.11. The van der Waals surface area contributed by atoms with E-state index in [4.69, 9.17) is 14.2 Å². The van der Waals surface area contributed by atoms with Crippen molar-refractivity contribution < 1.29 is 38.5 Å². The van der Waals surface area contributed by atoms with Gasteiger partial charge in [-0.15, -0.1) is 0 Å². The molecule has 0 aromatic heterocycles. The van der Waals surface area contributed by atoms with Crippen molar-refractivity contribution in [3.63, 3.8) is 0 Å². The first-order valence-corrected chi connectivity index (χ1v) is 18.1. The van der Waals surface area contributed by atoms with Crippen LogP contribution in [0.5, 0.6) is 0 Å². The molecular formula is C40H49N3O8. The molecule has 7 atom stereocenters. The van der Waals surface area contributed by atoms with Gasteiger partial charge in [0.1, 0.15) is 23.7 Å². The van der Waals surface area contributed by atoms with Gasteiger partial charge in [0.2, 0.25) is 11.8 Å². The fourth-order valence-corrected chi connectivity index (χ4v) is 8.31. The summed E-state index contributed by atoms with van der Waals surface area (Å²) >= 11 is 0. The average molecular weight is 700 g/mol. The highest BCUT2D eigenvalue weighted by molar-refractivity contribution is 6.06. The summed E-state index contributed by atoms with van der Waals surface area (Å²) in [5.74, 6) is -3.56. The molecule has 0 bridgehead atoms. The molecule has 4 aliphatic rings. The minimum absolute atomic E-state index is 0.0861. The molecule has 2 fully saturated rings. The molecular weight excluding hydrogens is 650 g/mol. The fraction of sp³-hybridized carbons (Fsp3) is 0.500. The predicted molar refractivity (Wildman–Crippen MR) is 191 cm³/mol. The van der Waals surface area contributed by atoms with Gasteiger partial charge in [0.05, 0.1) is 24.7 Å². The zero-order valence-electron chi connectivity index (χ0n) is 29.7. The van der Waals surface area contributed by atoms with Gasteiger partial charge in [-0.1, -0.05) is 85.7 Å². The number of likely N-dealkylation sites (tertiary alicyclic amines) is 1. The van der Waals surface area contributed by atoms with Gasteiger partial charge in [-0.05, 0) is 49.8 Å². The molecule has 2 aromatic rings. The molecule has 0 unspecified atom stereocenters. The number of carbonyl (C=O) groups is 4. The Hall–Kier alpha value is -4.32. The van der Waals surface area contributed by atoms with Crippen LogP contribution in [0.2, 0.25) is 0 Å². The molecule has 2 N–H and O–H groups in total. The first kappa shape index (κ1) is 36.5. The number of amides is 3. The lowest BCUT2D eigenvalue weighted by molar-refractivity contribution is -0.162. The molecule has 0 saturated carbocycles. The largest absolute Gasteiger partial charge is 0.455 e. The van der Waals surface area contributed by atoms with Crippen molar-refractivity contribution >= 4 is 29.4 Å². The smallest absolute Gasteiger partial charge is 0.313 e. The topological polar surface area (TPSA) is 135 Å². The lowest BCUT2D eigenvalue weighted by Gasteiger charge is -2.36. The Labute approximate surface area is 299 Å². The lowest BCUT2D eigenvalue weighted by atomic mass is 9.77. The van der Waals surface area contributed by atoms with Gasteiger partial charge in [-0.3, -0.25) is 19.2 Å². The number of carbonyl (C=O) groups excluding carboxylic acids is 4. The Morgan fingerprint density at radius 1 is 0.941 bits per heavy atom. The molecule has 4 heterocycles. The molecule has 11 heteroatoms. The number of benzene rings is 2. The monoisotopic (exact) mass is 699 g/mol. The summed E-state index contributed by atoms with van der Waals surface area (Å²) in [4.78, 5) is 60.8. The van der Waals surface area contributed by atoms with Crippen LogP contribution in [0.1, 0.15) is 61.3 Å². The Balaban J connectivity index is 1.43. The van der Waals surface area contributed by atoms with E-state index in [2.05, 4.69) is 5.32 Å². The Bertz CT molecular complexity index is 1640. The third kappa shape index (κ3) is 7.11. The van der Waals surface area contributed by atoms with Crippen LogP contribution in [0.3, 0.4) is 0 Å². The van der Waals surface area contributed by atoms with E-state index >= 15 is 0 Å². The Morgan fingerprint density at radius 3 is 2.41 bits per heavy atom. The van der Waals surface area contributed by atoms with Crippen molar-refractivity contribution in [3.05, 3.63) is 89.5 Å². The van der Waals surface area contributed by atoms with Crippen LogP contribution in [0.4, 0.5) is 5.69 Å². The number of aliphatic hydroxyl groups is 1. The molecule has 1 spiro atoms. The first-order valence-electron chi connectivity index (χ1n) is 18.1. The van der Waals surface area contributed by atoms with Gasteiger partial charge in [0.15, 0.2) is 0 Å². The highest BCUT2D eigenvalue weighted by atomic mass is 16.6. The van der Waals surface area contributed by atoms with Crippen molar-refractivity contribution in [1.82, 2.24) is 10.2 Å². The van der Waals surface area contributed by atoms with Crippen LogP contribution in [0.25, 0.3) is 0 Å². The number of anilines is 1. The maximum absolute atomic E-state index is 15.0.